The number of hydrogen-bond acceptors (Lipinski definition) is 3. The van der Waals surface area contributed by atoms with Crippen molar-refractivity contribution in [2.45, 2.75) is 32.1 Å². The van der Waals surface area contributed by atoms with Gasteiger partial charge in [-0.3, -0.25) is 4.21 Å². The zero-order valence-corrected chi connectivity index (χ0v) is 14.5. The summed E-state index contributed by atoms with van der Waals surface area (Å²) in [5, 5.41) is 5.41. The lowest BCUT2D eigenvalue weighted by Gasteiger charge is -2.21. The van der Waals surface area contributed by atoms with Crippen LogP contribution < -0.4 is 15.4 Å². The van der Waals surface area contributed by atoms with Gasteiger partial charge in [-0.05, 0) is 43.0 Å². The molecule has 1 aliphatic carbocycles. The maximum atomic E-state index is 11.7. The van der Waals surface area contributed by atoms with Crippen LogP contribution in [0.1, 0.15) is 32.1 Å². The summed E-state index contributed by atoms with van der Waals surface area (Å²) in [5.74, 6) is 1.97. The molecule has 1 aliphatic rings. The Morgan fingerprint density at radius 1 is 1.22 bits per heavy atom. The standard InChI is InChI=1S/C17H26N2O3S/c1-23(21)12-11-18-17(20)19-15-7-9-16(10-8-15)22-13-14-5-3-2-4-6-14/h7-10,14H,2-6,11-13H2,1H3,(H2,18,19,20). The number of anilines is 1. The molecular formula is C17H26N2O3S. The van der Waals surface area contributed by atoms with Crippen molar-refractivity contribution in [3.8, 4) is 5.75 Å². The highest BCUT2D eigenvalue weighted by Gasteiger charge is 2.13. The molecule has 2 rings (SSSR count). The van der Waals surface area contributed by atoms with Gasteiger partial charge in [0, 0.05) is 35.0 Å². The van der Waals surface area contributed by atoms with Gasteiger partial charge < -0.3 is 15.4 Å². The summed E-state index contributed by atoms with van der Waals surface area (Å²) < 4.78 is 16.8. The zero-order valence-electron chi connectivity index (χ0n) is 13.7. The molecule has 1 fully saturated rings. The monoisotopic (exact) mass is 338 g/mol. The fraction of sp³-hybridized carbons (Fsp3) is 0.588. The van der Waals surface area contributed by atoms with Crippen LogP contribution in [0, 0.1) is 5.92 Å². The average molecular weight is 338 g/mol. The average Bonchev–Trinajstić information content (AvgIpc) is 2.55. The van der Waals surface area contributed by atoms with Crippen LogP contribution in [0.5, 0.6) is 5.75 Å². The molecule has 0 spiro atoms. The van der Waals surface area contributed by atoms with Crippen molar-refractivity contribution in [2.24, 2.45) is 5.92 Å². The van der Waals surface area contributed by atoms with Gasteiger partial charge in [-0.25, -0.2) is 4.79 Å². The Morgan fingerprint density at radius 2 is 1.91 bits per heavy atom. The first kappa shape index (κ1) is 17.8. The fourth-order valence-corrected chi connectivity index (χ4v) is 3.08. The van der Waals surface area contributed by atoms with E-state index in [2.05, 4.69) is 10.6 Å². The largest absolute Gasteiger partial charge is 0.493 e. The molecule has 0 saturated heterocycles. The highest BCUT2D eigenvalue weighted by atomic mass is 32.2. The zero-order chi connectivity index (χ0) is 16.5. The molecule has 1 aromatic rings. The van der Waals surface area contributed by atoms with Crippen LogP contribution in [0.2, 0.25) is 0 Å². The van der Waals surface area contributed by atoms with Crippen LogP contribution >= 0.6 is 0 Å². The van der Waals surface area contributed by atoms with E-state index >= 15 is 0 Å². The van der Waals surface area contributed by atoms with Crippen LogP contribution in [0.3, 0.4) is 0 Å². The highest BCUT2D eigenvalue weighted by Crippen LogP contribution is 2.25. The second kappa shape index (κ2) is 9.55. The Bertz CT molecular complexity index is 513. The molecule has 2 amide bonds. The second-order valence-corrected chi connectivity index (χ2v) is 7.55. The molecule has 0 aromatic heterocycles. The Balaban J connectivity index is 1.71. The normalized spacial score (nSPS) is 16.6. The van der Waals surface area contributed by atoms with Gasteiger partial charge >= 0.3 is 6.03 Å². The topological polar surface area (TPSA) is 67.4 Å². The van der Waals surface area contributed by atoms with Gasteiger partial charge in [-0.2, -0.15) is 0 Å². The van der Waals surface area contributed by atoms with E-state index in [1.807, 2.05) is 24.3 Å². The highest BCUT2D eigenvalue weighted by molar-refractivity contribution is 7.84. The van der Waals surface area contributed by atoms with Crippen molar-refractivity contribution in [1.82, 2.24) is 5.32 Å². The van der Waals surface area contributed by atoms with Gasteiger partial charge in [0.15, 0.2) is 0 Å². The number of carbonyl (C=O) groups excluding carboxylic acids is 1. The van der Waals surface area contributed by atoms with Crippen molar-refractivity contribution in [2.75, 3.05) is 30.5 Å². The minimum Gasteiger partial charge on any atom is -0.493 e. The van der Waals surface area contributed by atoms with E-state index in [1.54, 1.807) is 6.26 Å². The number of nitrogens with one attached hydrogen (secondary N) is 2. The van der Waals surface area contributed by atoms with Crippen LogP contribution in [-0.4, -0.2) is 35.4 Å². The summed E-state index contributed by atoms with van der Waals surface area (Å²) in [5.41, 5.74) is 0.713. The minimum atomic E-state index is -0.895. The number of rotatable bonds is 7. The molecule has 1 atom stereocenters. The van der Waals surface area contributed by atoms with Crippen molar-refractivity contribution >= 4 is 22.5 Å². The third-order valence-electron chi connectivity index (χ3n) is 4.00. The number of urea groups is 1. The Morgan fingerprint density at radius 3 is 2.57 bits per heavy atom. The van der Waals surface area contributed by atoms with E-state index in [-0.39, 0.29) is 6.03 Å². The van der Waals surface area contributed by atoms with Crippen LogP contribution in [0.15, 0.2) is 24.3 Å². The van der Waals surface area contributed by atoms with Gasteiger partial charge in [0.05, 0.1) is 6.61 Å². The molecule has 1 aromatic carbocycles. The second-order valence-electron chi connectivity index (χ2n) is 6.00. The number of hydrogen-bond donors (Lipinski definition) is 2. The molecule has 0 radical (unpaired) electrons. The van der Waals surface area contributed by atoms with Gasteiger partial charge in [0.25, 0.3) is 0 Å². The molecule has 0 heterocycles. The van der Waals surface area contributed by atoms with Gasteiger partial charge in [0.1, 0.15) is 5.75 Å². The molecule has 1 unspecified atom stereocenters. The summed E-state index contributed by atoms with van der Waals surface area (Å²) in [6.45, 7) is 1.18. The molecular weight excluding hydrogens is 312 g/mol. The van der Waals surface area contributed by atoms with E-state index in [9.17, 15) is 9.00 Å². The summed E-state index contributed by atoms with van der Waals surface area (Å²) in [4.78, 5) is 11.7. The lowest BCUT2D eigenvalue weighted by atomic mass is 9.90. The van der Waals surface area contributed by atoms with Crippen LogP contribution in [-0.2, 0) is 10.8 Å². The molecule has 1 saturated carbocycles. The van der Waals surface area contributed by atoms with Crippen molar-refractivity contribution in [3.63, 3.8) is 0 Å². The molecule has 0 aliphatic heterocycles. The Kier molecular flexibility index (Phi) is 7.39. The smallest absolute Gasteiger partial charge is 0.319 e. The molecule has 2 N–H and O–H groups in total. The quantitative estimate of drug-likeness (QED) is 0.802. The lowest BCUT2D eigenvalue weighted by Crippen LogP contribution is -2.31. The van der Waals surface area contributed by atoms with Crippen LogP contribution in [0.25, 0.3) is 0 Å². The molecule has 23 heavy (non-hydrogen) atoms. The van der Waals surface area contributed by atoms with Gasteiger partial charge in [-0.1, -0.05) is 19.3 Å². The maximum Gasteiger partial charge on any atom is 0.319 e. The van der Waals surface area contributed by atoms with Crippen LogP contribution in [0.4, 0.5) is 10.5 Å². The minimum absolute atomic E-state index is 0.286. The molecule has 5 nitrogen and oxygen atoms in total. The molecule has 6 heteroatoms. The number of ether oxygens (including phenoxy) is 1. The SMILES string of the molecule is CS(=O)CCNC(=O)Nc1ccc(OCC2CCCCC2)cc1. The predicted molar refractivity (Wildman–Crippen MR) is 94.5 cm³/mol. The Labute approximate surface area is 140 Å². The summed E-state index contributed by atoms with van der Waals surface area (Å²) in [6.07, 6.45) is 8.14. The first-order valence-corrected chi connectivity index (χ1v) is 9.94. The van der Waals surface area contributed by atoms with E-state index < -0.39 is 10.8 Å². The number of benzene rings is 1. The Hall–Kier alpha value is -1.56. The molecule has 128 valence electrons. The van der Waals surface area contributed by atoms with Crippen molar-refractivity contribution in [3.05, 3.63) is 24.3 Å². The van der Waals surface area contributed by atoms with E-state index in [0.717, 1.165) is 12.4 Å². The predicted octanol–water partition coefficient (Wildman–Crippen LogP) is 3.15. The molecule has 0 bridgehead atoms. The van der Waals surface area contributed by atoms with Crippen molar-refractivity contribution < 1.29 is 13.7 Å². The van der Waals surface area contributed by atoms with E-state index in [0.29, 0.717) is 23.9 Å². The number of carbonyl (C=O) groups is 1. The summed E-state index contributed by atoms with van der Waals surface area (Å²) >= 11 is 0. The van der Waals surface area contributed by atoms with Gasteiger partial charge in [-0.15, -0.1) is 0 Å². The van der Waals surface area contributed by atoms with E-state index in [1.165, 1.54) is 32.1 Å². The third-order valence-corrected chi connectivity index (χ3v) is 4.78. The first-order valence-electron chi connectivity index (χ1n) is 8.21. The fourth-order valence-electron chi connectivity index (χ4n) is 2.69. The number of amides is 2. The lowest BCUT2D eigenvalue weighted by molar-refractivity contribution is 0.209. The first-order chi connectivity index (χ1) is 11.1. The van der Waals surface area contributed by atoms with Gasteiger partial charge in [0.2, 0.25) is 0 Å². The summed E-state index contributed by atoms with van der Waals surface area (Å²) in [6, 6.07) is 7.12. The van der Waals surface area contributed by atoms with E-state index in [4.69, 9.17) is 4.74 Å². The van der Waals surface area contributed by atoms with Crippen molar-refractivity contribution in [1.29, 1.82) is 0 Å². The maximum absolute atomic E-state index is 11.7. The summed E-state index contributed by atoms with van der Waals surface area (Å²) in [7, 11) is -0.895. The third kappa shape index (κ3) is 7.03.